The highest BCUT2D eigenvalue weighted by molar-refractivity contribution is 7.16. The predicted molar refractivity (Wildman–Crippen MR) is 93.8 cm³/mol. The number of nitrogens with zero attached hydrogens (tertiary/aromatic N) is 4. The lowest BCUT2D eigenvalue weighted by Gasteiger charge is -2.23. The van der Waals surface area contributed by atoms with Crippen molar-refractivity contribution in [3.05, 3.63) is 59.4 Å². The average Bonchev–Trinajstić information content (AvgIpc) is 3.35. The van der Waals surface area contributed by atoms with Crippen molar-refractivity contribution in [2.24, 2.45) is 7.05 Å². The number of hydrogen-bond donors (Lipinski definition) is 0. The van der Waals surface area contributed by atoms with Gasteiger partial charge in [-0.2, -0.15) is 5.10 Å². The van der Waals surface area contributed by atoms with E-state index in [-0.39, 0.29) is 11.9 Å². The van der Waals surface area contributed by atoms with Crippen LogP contribution in [0.3, 0.4) is 0 Å². The summed E-state index contributed by atoms with van der Waals surface area (Å²) in [5.74, 6) is 0.0704. The molecule has 0 radical (unpaired) electrons. The van der Waals surface area contributed by atoms with E-state index in [1.54, 1.807) is 10.9 Å². The first-order valence-corrected chi connectivity index (χ1v) is 8.85. The molecule has 6 heteroatoms. The van der Waals surface area contributed by atoms with E-state index in [0.29, 0.717) is 4.88 Å². The summed E-state index contributed by atoms with van der Waals surface area (Å²) in [5.41, 5.74) is 2.16. The number of hydrogen-bond acceptors (Lipinski definition) is 4. The summed E-state index contributed by atoms with van der Waals surface area (Å²) >= 11 is 1.46. The van der Waals surface area contributed by atoms with Gasteiger partial charge in [-0.1, -0.05) is 30.3 Å². The van der Waals surface area contributed by atoms with E-state index < -0.39 is 0 Å². The summed E-state index contributed by atoms with van der Waals surface area (Å²) < 4.78 is 1.79. The van der Waals surface area contributed by atoms with Crippen molar-refractivity contribution in [2.45, 2.75) is 18.9 Å². The lowest BCUT2D eigenvalue weighted by Crippen LogP contribution is -2.29. The third-order valence-corrected chi connectivity index (χ3v) is 5.39. The van der Waals surface area contributed by atoms with E-state index in [0.717, 1.165) is 35.5 Å². The summed E-state index contributed by atoms with van der Waals surface area (Å²) in [6.45, 7) is 0.789. The fraction of sp³-hybridized carbons (Fsp3) is 0.278. The molecule has 1 unspecified atom stereocenters. The zero-order valence-corrected chi connectivity index (χ0v) is 14.2. The Hall–Kier alpha value is -2.47. The van der Waals surface area contributed by atoms with Crippen LogP contribution in [0.25, 0.3) is 10.6 Å². The topological polar surface area (TPSA) is 51.0 Å². The highest BCUT2D eigenvalue weighted by Gasteiger charge is 2.32. The second-order valence-corrected chi connectivity index (χ2v) is 7.03. The smallest absolute Gasteiger partial charge is 0.266 e. The standard InChI is InChI=1S/C18H18N4OS/c1-21-12-14(10-20-21)15-8-5-9-22(15)18(23)16-11-19-17(24-16)13-6-3-2-4-7-13/h2-4,6-7,10-12,15H,5,8-9H2,1H3. The molecule has 1 aliphatic rings. The Morgan fingerprint density at radius 2 is 2.08 bits per heavy atom. The van der Waals surface area contributed by atoms with Gasteiger partial charge < -0.3 is 4.90 Å². The molecule has 0 N–H and O–H groups in total. The Kier molecular flexibility index (Phi) is 3.90. The van der Waals surface area contributed by atoms with Crippen LogP contribution >= 0.6 is 11.3 Å². The van der Waals surface area contributed by atoms with E-state index >= 15 is 0 Å². The molecule has 1 fully saturated rings. The van der Waals surface area contributed by atoms with E-state index in [4.69, 9.17) is 0 Å². The highest BCUT2D eigenvalue weighted by atomic mass is 32.1. The number of amides is 1. The van der Waals surface area contributed by atoms with Crippen LogP contribution in [0.4, 0.5) is 0 Å². The van der Waals surface area contributed by atoms with Gasteiger partial charge in [-0.05, 0) is 12.8 Å². The molecule has 1 atom stereocenters. The van der Waals surface area contributed by atoms with E-state index in [2.05, 4.69) is 10.1 Å². The Morgan fingerprint density at radius 1 is 1.25 bits per heavy atom. The number of aryl methyl sites for hydroxylation is 1. The van der Waals surface area contributed by atoms with Gasteiger partial charge in [0.25, 0.3) is 5.91 Å². The maximum atomic E-state index is 13.0. The fourth-order valence-corrected chi connectivity index (χ4v) is 4.07. The van der Waals surface area contributed by atoms with Gasteiger partial charge in [0.05, 0.1) is 18.4 Å². The molecule has 0 bridgehead atoms. The SMILES string of the molecule is Cn1cc(C2CCCN2C(=O)c2cnc(-c3ccccc3)s2)cn1. The van der Waals surface area contributed by atoms with Crippen LogP contribution in [0.15, 0.2) is 48.9 Å². The molecule has 4 rings (SSSR count). The van der Waals surface area contributed by atoms with Gasteiger partial charge in [0.1, 0.15) is 9.88 Å². The summed E-state index contributed by atoms with van der Waals surface area (Å²) in [6.07, 6.45) is 7.57. The molecule has 122 valence electrons. The molecule has 5 nitrogen and oxygen atoms in total. The first-order valence-electron chi connectivity index (χ1n) is 8.03. The Balaban J connectivity index is 1.58. The Morgan fingerprint density at radius 3 is 2.83 bits per heavy atom. The van der Waals surface area contributed by atoms with Crippen molar-refractivity contribution in [1.29, 1.82) is 0 Å². The average molecular weight is 338 g/mol. The summed E-state index contributed by atoms with van der Waals surface area (Å²) in [4.78, 5) is 20.0. The van der Waals surface area contributed by atoms with E-state index in [1.807, 2.05) is 54.7 Å². The van der Waals surface area contributed by atoms with Crippen LogP contribution in [-0.4, -0.2) is 32.1 Å². The number of rotatable bonds is 3. The zero-order valence-electron chi connectivity index (χ0n) is 13.4. The van der Waals surface area contributed by atoms with Gasteiger partial charge >= 0.3 is 0 Å². The molecule has 1 aliphatic heterocycles. The van der Waals surface area contributed by atoms with Crippen LogP contribution in [0.1, 0.15) is 34.1 Å². The first-order chi connectivity index (χ1) is 11.7. The van der Waals surface area contributed by atoms with Crippen LogP contribution in [0, 0.1) is 0 Å². The van der Waals surface area contributed by atoms with Crippen molar-refractivity contribution in [3.63, 3.8) is 0 Å². The van der Waals surface area contributed by atoms with E-state index in [1.165, 1.54) is 11.3 Å². The molecule has 3 heterocycles. The number of likely N-dealkylation sites (tertiary alicyclic amines) is 1. The van der Waals surface area contributed by atoms with Crippen molar-refractivity contribution >= 4 is 17.2 Å². The monoisotopic (exact) mass is 338 g/mol. The molecule has 0 spiro atoms. The Labute approximate surface area is 144 Å². The predicted octanol–water partition coefficient (Wildman–Crippen LogP) is 3.52. The highest BCUT2D eigenvalue weighted by Crippen LogP contribution is 2.34. The molecule has 0 saturated carbocycles. The summed E-state index contributed by atoms with van der Waals surface area (Å²) in [5, 5.41) is 5.13. The van der Waals surface area contributed by atoms with Crippen LogP contribution < -0.4 is 0 Å². The van der Waals surface area contributed by atoms with Gasteiger partial charge in [-0.15, -0.1) is 11.3 Å². The third-order valence-electron chi connectivity index (χ3n) is 4.36. The minimum Gasteiger partial charge on any atom is -0.331 e. The van der Waals surface area contributed by atoms with Crippen molar-refractivity contribution in [2.75, 3.05) is 6.54 Å². The first kappa shape index (κ1) is 15.1. The number of carbonyl (C=O) groups excluding carboxylic acids is 1. The maximum absolute atomic E-state index is 13.0. The summed E-state index contributed by atoms with van der Waals surface area (Å²) in [7, 11) is 1.90. The molecular weight excluding hydrogens is 320 g/mol. The molecule has 1 saturated heterocycles. The minimum absolute atomic E-state index is 0.0704. The van der Waals surface area contributed by atoms with Gasteiger partial charge in [0, 0.05) is 30.9 Å². The molecule has 1 amide bonds. The van der Waals surface area contributed by atoms with Crippen LogP contribution in [-0.2, 0) is 7.05 Å². The zero-order chi connectivity index (χ0) is 16.5. The molecular formula is C18H18N4OS. The number of carbonyl (C=O) groups is 1. The third kappa shape index (κ3) is 2.73. The van der Waals surface area contributed by atoms with Gasteiger partial charge in [0.15, 0.2) is 0 Å². The molecule has 1 aromatic carbocycles. The Bertz CT molecular complexity index is 855. The van der Waals surface area contributed by atoms with Gasteiger partial charge in [-0.25, -0.2) is 4.98 Å². The molecule has 24 heavy (non-hydrogen) atoms. The van der Waals surface area contributed by atoms with Crippen molar-refractivity contribution < 1.29 is 4.79 Å². The largest absolute Gasteiger partial charge is 0.331 e. The second kappa shape index (κ2) is 6.20. The second-order valence-electron chi connectivity index (χ2n) is 6.00. The fourth-order valence-electron chi connectivity index (χ4n) is 3.20. The minimum atomic E-state index is 0.0704. The lowest BCUT2D eigenvalue weighted by molar-refractivity contribution is 0.0740. The van der Waals surface area contributed by atoms with Crippen molar-refractivity contribution in [1.82, 2.24) is 19.7 Å². The quantitative estimate of drug-likeness (QED) is 0.734. The van der Waals surface area contributed by atoms with Gasteiger partial charge in [0.2, 0.25) is 0 Å². The van der Waals surface area contributed by atoms with Crippen LogP contribution in [0.5, 0.6) is 0 Å². The lowest BCUT2D eigenvalue weighted by atomic mass is 10.1. The maximum Gasteiger partial charge on any atom is 0.266 e. The molecule has 0 aliphatic carbocycles. The number of thiazole rings is 1. The van der Waals surface area contributed by atoms with Crippen LogP contribution in [0.2, 0.25) is 0 Å². The molecule has 2 aromatic heterocycles. The number of benzene rings is 1. The van der Waals surface area contributed by atoms with Gasteiger partial charge in [-0.3, -0.25) is 9.48 Å². The molecule has 3 aromatic rings. The van der Waals surface area contributed by atoms with Crippen molar-refractivity contribution in [3.8, 4) is 10.6 Å². The normalized spacial score (nSPS) is 17.4. The summed E-state index contributed by atoms with van der Waals surface area (Å²) in [6, 6.07) is 10.1. The van der Waals surface area contributed by atoms with E-state index in [9.17, 15) is 4.79 Å². The number of aromatic nitrogens is 3.